The fourth-order valence-corrected chi connectivity index (χ4v) is 0.727. The number of carboxylic acid groups (broad SMARTS) is 1. The monoisotopic (exact) mass is 185 g/mol. The lowest BCUT2D eigenvalue weighted by molar-refractivity contribution is -0.142. The molecule has 1 atom stereocenters. The minimum absolute atomic E-state index is 0.202. The third-order valence-corrected chi connectivity index (χ3v) is 1.54. The highest BCUT2D eigenvalue weighted by atomic mass is 16.4. The van der Waals surface area contributed by atoms with E-state index in [1.807, 2.05) is 0 Å². The lowest BCUT2D eigenvalue weighted by Gasteiger charge is -2.13. The molecule has 0 bridgehead atoms. The SMILES string of the molecule is C=CCC(NC(=O)C(C)C)C(=O)O. The van der Waals surface area contributed by atoms with E-state index in [1.54, 1.807) is 13.8 Å². The largest absolute Gasteiger partial charge is 0.480 e. The Balaban J connectivity index is 4.17. The fraction of sp³-hybridized carbons (Fsp3) is 0.556. The first-order valence-corrected chi connectivity index (χ1v) is 4.13. The topological polar surface area (TPSA) is 66.4 Å². The van der Waals surface area contributed by atoms with Crippen molar-refractivity contribution in [2.24, 2.45) is 5.92 Å². The van der Waals surface area contributed by atoms with Gasteiger partial charge in [-0.15, -0.1) is 6.58 Å². The Morgan fingerprint density at radius 2 is 2.08 bits per heavy atom. The van der Waals surface area contributed by atoms with Gasteiger partial charge in [-0.1, -0.05) is 19.9 Å². The molecule has 0 aliphatic heterocycles. The number of aliphatic carboxylic acids is 1. The molecule has 0 heterocycles. The molecule has 0 aliphatic rings. The molecular weight excluding hydrogens is 170 g/mol. The third kappa shape index (κ3) is 4.30. The second kappa shape index (κ2) is 5.35. The van der Waals surface area contributed by atoms with Crippen molar-refractivity contribution in [2.75, 3.05) is 0 Å². The van der Waals surface area contributed by atoms with Gasteiger partial charge in [0.25, 0.3) is 0 Å². The van der Waals surface area contributed by atoms with E-state index in [9.17, 15) is 9.59 Å². The number of nitrogens with one attached hydrogen (secondary N) is 1. The first-order chi connectivity index (χ1) is 5.99. The molecule has 13 heavy (non-hydrogen) atoms. The predicted octanol–water partition coefficient (Wildman–Crippen LogP) is 0.788. The molecule has 4 heteroatoms. The van der Waals surface area contributed by atoms with Crippen LogP contribution in [0.25, 0.3) is 0 Å². The first-order valence-electron chi connectivity index (χ1n) is 4.13. The van der Waals surface area contributed by atoms with Crippen molar-refractivity contribution in [3.8, 4) is 0 Å². The molecule has 4 nitrogen and oxygen atoms in total. The van der Waals surface area contributed by atoms with Crippen molar-refractivity contribution in [1.82, 2.24) is 5.32 Å². The van der Waals surface area contributed by atoms with Crippen LogP contribution >= 0.6 is 0 Å². The maximum atomic E-state index is 11.1. The molecular formula is C9H15NO3. The molecule has 2 N–H and O–H groups in total. The summed E-state index contributed by atoms with van der Waals surface area (Å²) in [5, 5.41) is 11.1. The van der Waals surface area contributed by atoms with Gasteiger partial charge in [0.15, 0.2) is 0 Å². The van der Waals surface area contributed by atoms with Crippen molar-refractivity contribution in [3.63, 3.8) is 0 Å². The highest BCUT2D eigenvalue weighted by molar-refractivity contribution is 5.84. The van der Waals surface area contributed by atoms with E-state index in [2.05, 4.69) is 11.9 Å². The molecule has 0 saturated heterocycles. The summed E-state index contributed by atoms with van der Waals surface area (Å²) in [6.45, 7) is 6.84. The summed E-state index contributed by atoms with van der Waals surface area (Å²) in [4.78, 5) is 21.7. The van der Waals surface area contributed by atoms with Crippen molar-refractivity contribution in [3.05, 3.63) is 12.7 Å². The smallest absolute Gasteiger partial charge is 0.326 e. The lowest BCUT2D eigenvalue weighted by Crippen LogP contribution is -2.42. The molecule has 1 unspecified atom stereocenters. The molecule has 1 amide bonds. The zero-order chi connectivity index (χ0) is 10.4. The molecule has 0 radical (unpaired) electrons. The van der Waals surface area contributed by atoms with Crippen molar-refractivity contribution < 1.29 is 14.7 Å². The Morgan fingerprint density at radius 1 is 1.54 bits per heavy atom. The Labute approximate surface area is 77.6 Å². The Kier molecular flexibility index (Phi) is 4.80. The zero-order valence-corrected chi connectivity index (χ0v) is 7.91. The minimum Gasteiger partial charge on any atom is -0.480 e. The average Bonchev–Trinajstić information content (AvgIpc) is 2.03. The van der Waals surface area contributed by atoms with Gasteiger partial charge in [0.2, 0.25) is 5.91 Å². The van der Waals surface area contributed by atoms with Crippen molar-refractivity contribution >= 4 is 11.9 Å². The van der Waals surface area contributed by atoms with Crippen molar-refractivity contribution in [2.45, 2.75) is 26.3 Å². The highest BCUT2D eigenvalue weighted by Crippen LogP contribution is 1.97. The van der Waals surface area contributed by atoms with Crippen LogP contribution in [0.2, 0.25) is 0 Å². The van der Waals surface area contributed by atoms with E-state index >= 15 is 0 Å². The number of hydrogen-bond acceptors (Lipinski definition) is 2. The van der Waals surface area contributed by atoms with E-state index in [4.69, 9.17) is 5.11 Å². The van der Waals surface area contributed by atoms with Gasteiger partial charge in [-0.3, -0.25) is 4.79 Å². The average molecular weight is 185 g/mol. The van der Waals surface area contributed by atoms with Crippen LogP contribution in [-0.2, 0) is 9.59 Å². The van der Waals surface area contributed by atoms with Crippen LogP contribution in [0.1, 0.15) is 20.3 Å². The summed E-state index contributed by atoms with van der Waals surface area (Å²) in [5.74, 6) is -1.49. The Bertz CT molecular complexity index is 211. The van der Waals surface area contributed by atoms with E-state index in [1.165, 1.54) is 6.08 Å². The number of carbonyl (C=O) groups is 2. The van der Waals surface area contributed by atoms with Gasteiger partial charge < -0.3 is 10.4 Å². The van der Waals surface area contributed by atoms with Crippen LogP contribution in [-0.4, -0.2) is 23.0 Å². The summed E-state index contributed by atoms with van der Waals surface area (Å²) in [7, 11) is 0. The molecule has 0 aliphatic carbocycles. The fourth-order valence-electron chi connectivity index (χ4n) is 0.727. The minimum atomic E-state index is -1.03. The van der Waals surface area contributed by atoms with Crippen molar-refractivity contribution in [1.29, 1.82) is 0 Å². The van der Waals surface area contributed by atoms with Gasteiger partial charge in [0.1, 0.15) is 6.04 Å². The second-order valence-corrected chi connectivity index (χ2v) is 3.08. The van der Waals surface area contributed by atoms with E-state index in [0.29, 0.717) is 0 Å². The highest BCUT2D eigenvalue weighted by Gasteiger charge is 2.19. The van der Waals surface area contributed by atoms with E-state index in [-0.39, 0.29) is 18.2 Å². The van der Waals surface area contributed by atoms with Gasteiger partial charge in [-0.25, -0.2) is 4.79 Å². The summed E-state index contributed by atoms with van der Waals surface area (Å²) >= 11 is 0. The maximum Gasteiger partial charge on any atom is 0.326 e. The normalized spacial score (nSPS) is 12.2. The third-order valence-electron chi connectivity index (χ3n) is 1.54. The number of rotatable bonds is 5. The molecule has 0 aromatic carbocycles. The van der Waals surface area contributed by atoms with Gasteiger partial charge in [-0.05, 0) is 6.42 Å². The summed E-state index contributed by atoms with van der Waals surface area (Å²) in [6, 6.07) is -0.854. The molecule has 0 saturated carbocycles. The van der Waals surface area contributed by atoms with Crippen LogP contribution in [0.3, 0.4) is 0 Å². The van der Waals surface area contributed by atoms with Crippen LogP contribution in [0.4, 0.5) is 0 Å². The molecule has 0 aromatic heterocycles. The first kappa shape index (κ1) is 11.7. The van der Waals surface area contributed by atoms with Gasteiger partial charge in [0, 0.05) is 5.92 Å². The second-order valence-electron chi connectivity index (χ2n) is 3.08. The maximum absolute atomic E-state index is 11.1. The molecule has 0 spiro atoms. The summed E-state index contributed by atoms with van der Waals surface area (Å²) < 4.78 is 0. The number of hydrogen-bond donors (Lipinski definition) is 2. The lowest BCUT2D eigenvalue weighted by atomic mass is 10.1. The van der Waals surface area contributed by atoms with Crippen LogP contribution in [0.15, 0.2) is 12.7 Å². The Hall–Kier alpha value is -1.32. The number of carbonyl (C=O) groups excluding carboxylic acids is 1. The zero-order valence-electron chi connectivity index (χ0n) is 7.91. The molecule has 0 fully saturated rings. The van der Waals surface area contributed by atoms with Gasteiger partial charge in [0.05, 0.1) is 0 Å². The van der Waals surface area contributed by atoms with Crippen LogP contribution in [0, 0.1) is 5.92 Å². The molecule has 0 rings (SSSR count). The van der Waals surface area contributed by atoms with Gasteiger partial charge in [-0.2, -0.15) is 0 Å². The summed E-state index contributed by atoms with van der Waals surface area (Å²) in [5.41, 5.74) is 0. The van der Waals surface area contributed by atoms with Crippen LogP contribution < -0.4 is 5.32 Å². The predicted molar refractivity (Wildman–Crippen MR) is 49.2 cm³/mol. The Morgan fingerprint density at radius 3 is 2.38 bits per heavy atom. The summed E-state index contributed by atoms with van der Waals surface area (Å²) in [6.07, 6.45) is 1.72. The number of amides is 1. The molecule has 0 aromatic rings. The standard InChI is InChI=1S/C9H15NO3/c1-4-5-7(9(12)13)10-8(11)6(2)3/h4,6-7H,1,5H2,2-3H3,(H,10,11)(H,12,13). The van der Waals surface area contributed by atoms with Gasteiger partial charge >= 0.3 is 5.97 Å². The number of carboxylic acids is 1. The van der Waals surface area contributed by atoms with E-state index in [0.717, 1.165) is 0 Å². The quantitative estimate of drug-likeness (QED) is 0.622. The molecule has 74 valence electrons. The van der Waals surface area contributed by atoms with Crippen LogP contribution in [0.5, 0.6) is 0 Å². The van der Waals surface area contributed by atoms with E-state index < -0.39 is 12.0 Å².